The highest BCUT2D eigenvalue weighted by molar-refractivity contribution is 7.10. The second kappa shape index (κ2) is 3.40. The standard InChI is InChI=1S/C10H14O2S/c1-6-5-13-7(2)10(6)8-3-12-4-9(8)11/h5,8-9,11H,3-4H2,1-2H3. The Morgan fingerprint density at radius 3 is 2.69 bits per heavy atom. The molecule has 2 atom stereocenters. The maximum absolute atomic E-state index is 9.69. The zero-order valence-electron chi connectivity index (χ0n) is 7.91. The van der Waals surface area contributed by atoms with E-state index in [-0.39, 0.29) is 12.0 Å². The lowest BCUT2D eigenvalue weighted by Crippen LogP contribution is -2.16. The molecule has 0 radical (unpaired) electrons. The fourth-order valence-electron chi connectivity index (χ4n) is 1.95. The first-order valence-electron chi connectivity index (χ1n) is 4.50. The summed E-state index contributed by atoms with van der Waals surface area (Å²) in [6.45, 7) is 5.36. The molecule has 2 unspecified atom stereocenters. The highest BCUT2D eigenvalue weighted by atomic mass is 32.1. The van der Waals surface area contributed by atoms with Crippen LogP contribution in [0.15, 0.2) is 5.38 Å². The van der Waals surface area contributed by atoms with Crippen LogP contribution in [-0.2, 0) is 4.74 Å². The third kappa shape index (κ3) is 1.52. The van der Waals surface area contributed by atoms with Crippen LogP contribution in [0, 0.1) is 13.8 Å². The van der Waals surface area contributed by atoms with Crippen LogP contribution in [0.3, 0.4) is 0 Å². The van der Waals surface area contributed by atoms with E-state index in [0.717, 1.165) is 0 Å². The van der Waals surface area contributed by atoms with Crippen molar-refractivity contribution in [3.63, 3.8) is 0 Å². The van der Waals surface area contributed by atoms with Crippen molar-refractivity contribution >= 4 is 11.3 Å². The van der Waals surface area contributed by atoms with Gasteiger partial charge in [0.1, 0.15) is 0 Å². The van der Waals surface area contributed by atoms with Crippen molar-refractivity contribution < 1.29 is 9.84 Å². The van der Waals surface area contributed by atoms with Gasteiger partial charge in [0.25, 0.3) is 0 Å². The molecule has 1 saturated heterocycles. The monoisotopic (exact) mass is 198 g/mol. The van der Waals surface area contributed by atoms with Gasteiger partial charge in [0.2, 0.25) is 0 Å². The minimum absolute atomic E-state index is 0.200. The van der Waals surface area contributed by atoms with Crippen molar-refractivity contribution in [3.05, 3.63) is 21.4 Å². The summed E-state index contributed by atoms with van der Waals surface area (Å²) in [5.74, 6) is 0.200. The largest absolute Gasteiger partial charge is 0.390 e. The van der Waals surface area contributed by atoms with Gasteiger partial charge < -0.3 is 9.84 Å². The number of aliphatic hydroxyl groups is 1. The first-order chi connectivity index (χ1) is 6.20. The molecule has 1 aliphatic heterocycles. The average molecular weight is 198 g/mol. The minimum Gasteiger partial charge on any atom is -0.390 e. The first-order valence-corrected chi connectivity index (χ1v) is 5.38. The molecule has 2 heterocycles. The van der Waals surface area contributed by atoms with Crippen molar-refractivity contribution in [3.8, 4) is 0 Å². The van der Waals surface area contributed by atoms with Crippen molar-refractivity contribution in [1.82, 2.24) is 0 Å². The van der Waals surface area contributed by atoms with Crippen molar-refractivity contribution in [2.45, 2.75) is 25.9 Å². The summed E-state index contributed by atoms with van der Waals surface area (Å²) in [5.41, 5.74) is 2.59. The Labute approximate surface area is 82.2 Å². The van der Waals surface area contributed by atoms with Crippen LogP contribution >= 0.6 is 11.3 Å². The quantitative estimate of drug-likeness (QED) is 0.746. The number of aliphatic hydroxyl groups excluding tert-OH is 1. The van der Waals surface area contributed by atoms with Crippen LogP contribution in [0.4, 0.5) is 0 Å². The summed E-state index contributed by atoms with van der Waals surface area (Å²) in [6.07, 6.45) is -0.313. The third-order valence-corrected chi connectivity index (χ3v) is 3.68. The summed E-state index contributed by atoms with van der Waals surface area (Å²) >= 11 is 1.75. The summed E-state index contributed by atoms with van der Waals surface area (Å²) in [5, 5.41) is 11.8. The van der Waals surface area contributed by atoms with Crippen LogP contribution in [0.1, 0.15) is 21.9 Å². The van der Waals surface area contributed by atoms with E-state index in [2.05, 4.69) is 19.2 Å². The molecule has 0 aliphatic carbocycles. The summed E-state index contributed by atoms with van der Waals surface area (Å²) in [6, 6.07) is 0. The van der Waals surface area contributed by atoms with Gasteiger partial charge in [-0.25, -0.2) is 0 Å². The van der Waals surface area contributed by atoms with E-state index in [4.69, 9.17) is 4.74 Å². The lowest BCUT2D eigenvalue weighted by molar-refractivity contribution is 0.124. The highest BCUT2D eigenvalue weighted by Crippen LogP contribution is 2.33. The number of thiophene rings is 1. The van der Waals surface area contributed by atoms with Gasteiger partial charge in [-0.2, -0.15) is 0 Å². The van der Waals surface area contributed by atoms with E-state index in [0.29, 0.717) is 13.2 Å². The Bertz CT molecular complexity index is 286. The molecule has 1 aliphatic rings. The molecular formula is C10H14O2S. The maximum Gasteiger partial charge on any atom is 0.0864 e. The Balaban J connectivity index is 2.33. The highest BCUT2D eigenvalue weighted by Gasteiger charge is 2.30. The molecule has 13 heavy (non-hydrogen) atoms. The molecule has 0 aromatic carbocycles. The number of aryl methyl sites for hydroxylation is 2. The Kier molecular flexibility index (Phi) is 2.41. The van der Waals surface area contributed by atoms with Crippen LogP contribution < -0.4 is 0 Å². The van der Waals surface area contributed by atoms with Crippen molar-refractivity contribution in [2.24, 2.45) is 0 Å². The fourth-order valence-corrected chi connectivity index (χ4v) is 2.87. The van der Waals surface area contributed by atoms with Crippen LogP contribution in [0.25, 0.3) is 0 Å². The number of rotatable bonds is 1. The molecule has 1 aromatic rings. The van der Waals surface area contributed by atoms with Gasteiger partial charge in [0, 0.05) is 10.8 Å². The van der Waals surface area contributed by atoms with E-state index in [9.17, 15) is 5.11 Å². The van der Waals surface area contributed by atoms with Crippen LogP contribution in [0.2, 0.25) is 0 Å². The molecule has 0 amide bonds. The fraction of sp³-hybridized carbons (Fsp3) is 0.600. The van der Waals surface area contributed by atoms with Gasteiger partial charge >= 0.3 is 0 Å². The third-order valence-electron chi connectivity index (χ3n) is 2.64. The predicted octanol–water partition coefficient (Wildman–Crippen LogP) is 1.84. The molecule has 0 spiro atoms. The van der Waals surface area contributed by atoms with Gasteiger partial charge in [-0.05, 0) is 30.4 Å². The topological polar surface area (TPSA) is 29.5 Å². The summed E-state index contributed by atoms with van der Waals surface area (Å²) in [7, 11) is 0. The predicted molar refractivity (Wildman–Crippen MR) is 53.4 cm³/mol. The van der Waals surface area contributed by atoms with Gasteiger partial charge in [-0.1, -0.05) is 0 Å². The van der Waals surface area contributed by atoms with E-state index in [1.165, 1.54) is 16.0 Å². The molecule has 2 nitrogen and oxygen atoms in total. The lowest BCUT2D eigenvalue weighted by atomic mass is 9.94. The van der Waals surface area contributed by atoms with Gasteiger partial charge in [0.15, 0.2) is 0 Å². The van der Waals surface area contributed by atoms with E-state index in [1.807, 2.05) is 0 Å². The van der Waals surface area contributed by atoms with Crippen LogP contribution in [-0.4, -0.2) is 24.4 Å². The van der Waals surface area contributed by atoms with Gasteiger partial charge in [0.05, 0.1) is 19.3 Å². The van der Waals surface area contributed by atoms with Gasteiger partial charge in [-0.3, -0.25) is 0 Å². The number of hydrogen-bond donors (Lipinski definition) is 1. The smallest absolute Gasteiger partial charge is 0.0864 e. The first kappa shape index (κ1) is 9.19. The van der Waals surface area contributed by atoms with Gasteiger partial charge in [-0.15, -0.1) is 11.3 Å². The number of hydrogen-bond acceptors (Lipinski definition) is 3. The molecule has 2 rings (SSSR count). The average Bonchev–Trinajstić information content (AvgIpc) is 2.60. The Morgan fingerprint density at radius 2 is 2.23 bits per heavy atom. The minimum atomic E-state index is -0.313. The lowest BCUT2D eigenvalue weighted by Gasteiger charge is -2.13. The zero-order valence-corrected chi connectivity index (χ0v) is 8.73. The normalized spacial score (nSPS) is 28.2. The maximum atomic E-state index is 9.69. The Morgan fingerprint density at radius 1 is 1.46 bits per heavy atom. The van der Waals surface area contributed by atoms with Crippen LogP contribution in [0.5, 0.6) is 0 Å². The van der Waals surface area contributed by atoms with Crippen molar-refractivity contribution in [1.29, 1.82) is 0 Å². The second-order valence-corrected chi connectivity index (χ2v) is 4.68. The molecule has 1 fully saturated rings. The molecule has 72 valence electrons. The molecule has 0 saturated carbocycles. The molecule has 3 heteroatoms. The second-order valence-electron chi connectivity index (χ2n) is 3.60. The zero-order chi connectivity index (χ0) is 9.42. The molecule has 1 aromatic heterocycles. The summed E-state index contributed by atoms with van der Waals surface area (Å²) < 4.78 is 5.26. The Hall–Kier alpha value is -0.380. The van der Waals surface area contributed by atoms with E-state index < -0.39 is 0 Å². The van der Waals surface area contributed by atoms with E-state index >= 15 is 0 Å². The van der Waals surface area contributed by atoms with E-state index in [1.54, 1.807) is 11.3 Å². The summed E-state index contributed by atoms with van der Waals surface area (Å²) in [4.78, 5) is 1.31. The SMILES string of the molecule is Cc1csc(C)c1C1COCC1O. The molecular weight excluding hydrogens is 184 g/mol. The van der Waals surface area contributed by atoms with Crippen molar-refractivity contribution in [2.75, 3.05) is 13.2 Å². The number of ether oxygens (including phenoxy) is 1. The molecule has 1 N–H and O–H groups in total. The molecule has 0 bridgehead atoms.